The van der Waals surface area contributed by atoms with Crippen molar-refractivity contribution < 1.29 is 15.1 Å². The summed E-state index contributed by atoms with van der Waals surface area (Å²) < 4.78 is 0. The number of aliphatic hydroxyl groups excluding tert-OH is 1. The van der Waals surface area contributed by atoms with Crippen molar-refractivity contribution in [1.82, 2.24) is 5.06 Å². The summed E-state index contributed by atoms with van der Waals surface area (Å²) in [5, 5.41) is 21.6. The Kier molecular flexibility index (Phi) is 4.95. The van der Waals surface area contributed by atoms with Crippen molar-refractivity contribution in [2.24, 2.45) is 5.73 Å². The van der Waals surface area contributed by atoms with Crippen molar-refractivity contribution in [1.29, 1.82) is 0 Å². The van der Waals surface area contributed by atoms with Crippen LogP contribution in [0.1, 0.15) is 22.1 Å². The lowest BCUT2D eigenvalue weighted by Crippen LogP contribution is -2.31. The third kappa shape index (κ3) is 4.33. The number of nitrogens with zero attached hydrogens (tertiary/aromatic N) is 1. The van der Waals surface area contributed by atoms with Gasteiger partial charge in [-0.3, -0.25) is 5.21 Å². The molecule has 21 heavy (non-hydrogen) atoms. The fourth-order valence-electron chi connectivity index (χ4n) is 1.63. The van der Waals surface area contributed by atoms with Crippen LogP contribution in [0.4, 0.5) is 4.79 Å². The zero-order chi connectivity index (χ0) is 15.2. The van der Waals surface area contributed by atoms with E-state index < -0.39 is 12.1 Å². The van der Waals surface area contributed by atoms with Gasteiger partial charge in [0.25, 0.3) is 0 Å². The number of carbonyl (C=O) groups excluding carboxylic acids is 1. The van der Waals surface area contributed by atoms with Gasteiger partial charge in [-0.05, 0) is 22.6 Å². The van der Waals surface area contributed by atoms with Crippen LogP contribution >= 0.6 is 11.3 Å². The number of thiophene rings is 1. The first-order valence-corrected chi connectivity index (χ1v) is 7.02. The molecule has 1 atom stereocenters. The van der Waals surface area contributed by atoms with Crippen LogP contribution in [-0.4, -0.2) is 21.4 Å². The second-order valence-electron chi connectivity index (χ2n) is 4.29. The van der Waals surface area contributed by atoms with E-state index in [0.29, 0.717) is 16.2 Å². The van der Waals surface area contributed by atoms with Crippen LogP contribution in [0.2, 0.25) is 0 Å². The van der Waals surface area contributed by atoms with Crippen molar-refractivity contribution >= 4 is 17.4 Å². The first kappa shape index (κ1) is 15.1. The topological polar surface area (TPSA) is 86.8 Å². The summed E-state index contributed by atoms with van der Waals surface area (Å²) in [5.41, 5.74) is 6.27. The molecule has 6 heteroatoms. The molecule has 0 aliphatic heterocycles. The highest BCUT2D eigenvalue weighted by molar-refractivity contribution is 7.10. The Balaban J connectivity index is 2.03. The molecule has 2 rings (SSSR count). The Bertz CT molecular complexity index is 656. The minimum absolute atomic E-state index is 0.00736. The van der Waals surface area contributed by atoms with Gasteiger partial charge < -0.3 is 10.8 Å². The maximum atomic E-state index is 10.7. The number of urea groups is 1. The molecule has 0 saturated carbocycles. The second-order valence-corrected chi connectivity index (χ2v) is 5.23. The van der Waals surface area contributed by atoms with Gasteiger partial charge >= 0.3 is 6.03 Å². The monoisotopic (exact) mass is 302 g/mol. The van der Waals surface area contributed by atoms with Crippen LogP contribution in [-0.2, 0) is 6.54 Å². The molecule has 2 aromatic rings. The minimum Gasteiger partial charge on any atom is -0.376 e. The molecule has 0 saturated heterocycles. The largest absolute Gasteiger partial charge is 0.376 e. The van der Waals surface area contributed by atoms with E-state index in [1.54, 1.807) is 24.3 Å². The number of primary amides is 1. The fraction of sp³-hybridized carbons (Fsp3) is 0.133. The normalized spacial score (nSPS) is 11.3. The number of benzene rings is 1. The SMILES string of the molecule is NC(=O)N(O)Cc1ccc(C(O)C#Cc2cccs2)cc1. The van der Waals surface area contributed by atoms with Gasteiger partial charge in [-0.15, -0.1) is 11.3 Å². The third-order valence-corrected chi connectivity index (χ3v) is 3.52. The van der Waals surface area contributed by atoms with Crippen LogP contribution in [0.5, 0.6) is 0 Å². The highest BCUT2D eigenvalue weighted by Gasteiger charge is 2.08. The highest BCUT2D eigenvalue weighted by atomic mass is 32.1. The van der Waals surface area contributed by atoms with E-state index in [1.807, 2.05) is 17.5 Å². The second kappa shape index (κ2) is 6.90. The number of hydrogen-bond acceptors (Lipinski definition) is 4. The highest BCUT2D eigenvalue weighted by Crippen LogP contribution is 2.15. The Morgan fingerprint density at radius 2 is 2.05 bits per heavy atom. The van der Waals surface area contributed by atoms with Crippen molar-refractivity contribution in [2.75, 3.05) is 0 Å². The van der Waals surface area contributed by atoms with Crippen molar-refractivity contribution in [3.63, 3.8) is 0 Å². The maximum Gasteiger partial charge on any atom is 0.338 e. The molecule has 2 amide bonds. The molecule has 4 N–H and O–H groups in total. The molecule has 0 aliphatic carbocycles. The zero-order valence-corrected chi connectivity index (χ0v) is 11.9. The molecule has 0 aliphatic rings. The van der Waals surface area contributed by atoms with E-state index in [2.05, 4.69) is 11.8 Å². The Labute approximate surface area is 126 Å². The fourth-order valence-corrected chi connectivity index (χ4v) is 2.21. The van der Waals surface area contributed by atoms with E-state index in [4.69, 9.17) is 5.73 Å². The number of carbonyl (C=O) groups is 1. The predicted molar refractivity (Wildman–Crippen MR) is 79.5 cm³/mol. The summed E-state index contributed by atoms with van der Waals surface area (Å²) in [6, 6.07) is 9.63. The van der Waals surface area contributed by atoms with E-state index in [1.165, 1.54) is 11.3 Å². The smallest absolute Gasteiger partial charge is 0.338 e. The van der Waals surface area contributed by atoms with Gasteiger partial charge in [-0.2, -0.15) is 0 Å². The lowest BCUT2D eigenvalue weighted by molar-refractivity contribution is -0.0470. The van der Waals surface area contributed by atoms with Crippen LogP contribution in [0.25, 0.3) is 0 Å². The summed E-state index contributed by atoms with van der Waals surface area (Å²) in [6.07, 6.45) is -0.887. The number of hydroxylamine groups is 2. The Morgan fingerprint density at radius 1 is 1.33 bits per heavy atom. The third-order valence-electron chi connectivity index (χ3n) is 2.74. The molecule has 0 bridgehead atoms. The van der Waals surface area contributed by atoms with Gasteiger partial charge in [0.1, 0.15) is 6.10 Å². The number of aliphatic hydroxyl groups is 1. The predicted octanol–water partition coefficient (Wildman–Crippen LogP) is 2.10. The minimum atomic E-state index is -0.916. The first-order chi connectivity index (χ1) is 10.1. The average Bonchev–Trinajstić information content (AvgIpc) is 2.98. The zero-order valence-electron chi connectivity index (χ0n) is 11.1. The molecule has 0 spiro atoms. The lowest BCUT2D eigenvalue weighted by Gasteiger charge is -2.12. The molecular formula is C15H14N2O3S. The van der Waals surface area contributed by atoms with Crippen molar-refractivity contribution in [3.05, 3.63) is 57.8 Å². The first-order valence-electron chi connectivity index (χ1n) is 6.14. The van der Waals surface area contributed by atoms with E-state index >= 15 is 0 Å². The summed E-state index contributed by atoms with van der Waals surface area (Å²) in [5.74, 6) is 5.66. The lowest BCUT2D eigenvalue weighted by atomic mass is 10.1. The number of nitrogens with two attached hydrogens (primary N) is 1. The number of amides is 2. The Morgan fingerprint density at radius 3 is 2.62 bits per heavy atom. The number of hydrogen-bond donors (Lipinski definition) is 3. The summed E-state index contributed by atoms with van der Waals surface area (Å²) in [7, 11) is 0. The molecule has 1 heterocycles. The van der Waals surface area contributed by atoms with Crippen LogP contribution in [0.3, 0.4) is 0 Å². The molecule has 0 fully saturated rings. The average molecular weight is 302 g/mol. The summed E-state index contributed by atoms with van der Waals surface area (Å²) in [6.45, 7) is -0.00736. The molecule has 1 aromatic carbocycles. The molecule has 5 nitrogen and oxygen atoms in total. The van der Waals surface area contributed by atoms with Gasteiger partial charge in [0.05, 0.1) is 11.4 Å². The van der Waals surface area contributed by atoms with Gasteiger partial charge in [-0.1, -0.05) is 42.2 Å². The summed E-state index contributed by atoms with van der Waals surface area (Å²) >= 11 is 1.51. The van der Waals surface area contributed by atoms with E-state index in [-0.39, 0.29) is 6.54 Å². The van der Waals surface area contributed by atoms with Crippen LogP contribution < -0.4 is 5.73 Å². The molecule has 0 radical (unpaired) electrons. The Hall–Kier alpha value is -2.33. The van der Waals surface area contributed by atoms with Crippen molar-refractivity contribution in [2.45, 2.75) is 12.6 Å². The summed E-state index contributed by atoms with van der Waals surface area (Å²) in [4.78, 5) is 11.6. The molecule has 1 aromatic heterocycles. The molecule has 1 unspecified atom stereocenters. The van der Waals surface area contributed by atoms with E-state index in [9.17, 15) is 15.1 Å². The maximum absolute atomic E-state index is 10.7. The van der Waals surface area contributed by atoms with Gasteiger partial charge in [0, 0.05) is 0 Å². The van der Waals surface area contributed by atoms with Gasteiger partial charge in [0.15, 0.2) is 0 Å². The van der Waals surface area contributed by atoms with Crippen LogP contribution in [0, 0.1) is 11.8 Å². The number of rotatable bonds is 3. The molecular weight excluding hydrogens is 288 g/mol. The molecule has 108 valence electrons. The van der Waals surface area contributed by atoms with E-state index in [0.717, 1.165) is 4.88 Å². The standard InChI is InChI=1S/C15H14N2O3S/c16-15(19)17(20)10-11-3-5-12(6-4-11)14(18)8-7-13-2-1-9-21-13/h1-6,9,14,18,20H,10H2,(H2,16,19). The van der Waals surface area contributed by atoms with Crippen LogP contribution in [0.15, 0.2) is 41.8 Å². The quantitative estimate of drug-likeness (QED) is 0.461. The van der Waals surface area contributed by atoms with Gasteiger partial charge in [-0.25, -0.2) is 9.86 Å². The van der Waals surface area contributed by atoms with Crippen molar-refractivity contribution in [3.8, 4) is 11.8 Å². The van der Waals surface area contributed by atoms with Gasteiger partial charge in [0.2, 0.25) is 0 Å².